The number of likely N-dealkylation sites (N-methyl/N-ethyl adjacent to an activating group) is 1. The van der Waals surface area contributed by atoms with Crippen LogP contribution in [0.4, 0.5) is 0 Å². The summed E-state index contributed by atoms with van der Waals surface area (Å²) in [6.07, 6.45) is 8.51. The molecule has 0 unspecified atom stereocenters. The second kappa shape index (κ2) is 10.5. The second-order valence-corrected chi connectivity index (χ2v) is 11.4. The number of piperidine rings is 1. The number of ether oxygens (including phenoxy) is 1. The highest BCUT2D eigenvalue weighted by atomic mass is 16.5. The van der Waals surface area contributed by atoms with Gasteiger partial charge in [-0.3, -0.25) is 9.59 Å². The molecule has 2 aromatic carbocycles. The molecule has 5 rings (SSSR count). The molecule has 202 valence electrons. The first kappa shape index (κ1) is 26.4. The zero-order valence-electron chi connectivity index (χ0n) is 22.3. The topological polar surface area (TPSA) is 90.3 Å². The zero-order valence-corrected chi connectivity index (χ0v) is 22.3. The predicted molar refractivity (Wildman–Crippen MR) is 146 cm³/mol. The van der Waals surface area contributed by atoms with Gasteiger partial charge in [-0.1, -0.05) is 24.3 Å². The number of hydrogen-bond donors (Lipinski definition) is 2. The Hall–Kier alpha value is -3.16. The lowest BCUT2D eigenvalue weighted by Gasteiger charge is -2.59. The average molecular weight is 519 g/mol. The quantitative estimate of drug-likeness (QED) is 0.326. The van der Waals surface area contributed by atoms with Crippen LogP contribution in [-0.2, 0) is 15.0 Å². The van der Waals surface area contributed by atoms with Crippen molar-refractivity contribution in [2.75, 3.05) is 26.7 Å². The van der Waals surface area contributed by atoms with Crippen molar-refractivity contribution >= 4 is 18.0 Å². The average Bonchev–Trinajstić information content (AvgIpc) is 3.70. The Morgan fingerprint density at radius 3 is 2.66 bits per heavy atom. The highest BCUT2D eigenvalue weighted by Gasteiger charge is 2.58. The number of amides is 1. The molecule has 2 aromatic rings. The predicted octanol–water partition coefficient (Wildman–Crippen LogP) is 4.13. The fourth-order valence-electron chi connectivity index (χ4n) is 6.50. The molecule has 0 radical (unpaired) electrons. The number of carbonyl (C=O) groups excluding carboxylic acids is 2. The standard InChI is InChI=1S/C31H38N2O5/c1-22(34)38-28-8-4-6-25(18-28)30-15-16-33(20-24-9-10-24)21-31(30,37)14-13-26(19-30)32(2)29(36)12-11-23-5-3-7-27(35)17-23/h3-8,11-12,17-18,24,26,35,37H,9-10,13-16,19-21H2,1-2H3/t26-,30-,31-/m0/s1. The molecule has 1 amide bonds. The molecular weight excluding hydrogens is 480 g/mol. The summed E-state index contributed by atoms with van der Waals surface area (Å²) in [7, 11) is 1.83. The van der Waals surface area contributed by atoms with Crippen LogP contribution in [0.25, 0.3) is 6.08 Å². The molecule has 7 nitrogen and oxygen atoms in total. The van der Waals surface area contributed by atoms with Crippen LogP contribution in [0.1, 0.15) is 56.6 Å². The van der Waals surface area contributed by atoms with Crippen molar-refractivity contribution in [3.63, 3.8) is 0 Å². The van der Waals surface area contributed by atoms with Crippen LogP contribution in [0.15, 0.2) is 54.6 Å². The number of benzene rings is 2. The van der Waals surface area contributed by atoms with E-state index in [4.69, 9.17) is 4.74 Å². The molecule has 38 heavy (non-hydrogen) atoms. The Bertz CT molecular complexity index is 1220. The van der Waals surface area contributed by atoms with Gasteiger partial charge in [0.25, 0.3) is 0 Å². The smallest absolute Gasteiger partial charge is 0.308 e. The Morgan fingerprint density at radius 2 is 1.92 bits per heavy atom. The maximum atomic E-state index is 13.2. The zero-order chi connectivity index (χ0) is 26.9. The Labute approximate surface area is 224 Å². The number of carbonyl (C=O) groups is 2. The number of hydrogen-bond acceptors (Lipinski definition) is 6. The molecule has 0 aromatic heterocycles. The summed E-state index contributed by atoms with van der Waals surface area (Å²) in [6.45, 7) is 3.92. The van der Waals surface area contributed by atoms with Crippen LogP contribution in [0.2, 0.25) is 0 Å². The van der Waals surface area contributed by atoms with Crippen LogP contribution < -0.4 is 4.74 Å². The summed E-state index contributed by atoms with van der Waals surface area (Å²) in [4.78, 5) is 29.0. The number of likely N-dealkylation sites (tertiary alicyclic amines) is 1. The molecule has 1 heterocycles. The largest absolute Gasteiger partial charge is 0.508 e. The van der Waals surface area contributed by atoms with Gasteiger partial charge in [0.2, 0.25) is 5.91 Å². The first-order chi connectivity index (χ1) is 18.2. The molecule has 3 fully saturated rings. The lowest BCUT2D eigenvalue weighted by Crippen LogP contribution is -2.67. The van der Waals surface area contributed by atoms with E-state index in [-0.39, 0.29) is 23.7 Å². The maximum absolute atomic E-state index is 13.2. The fraction of sp³-hybridized carbons (Fsp3) is 0.484. The van der Waals surface area contributed by atoms with Gasteiger partial charge in [0.1, 0.15) is 11.5 Å². The molecule has 0 bridgehead atoms. The van der Waals surface area contributed by atoms with Gasteiger partial charge >= 0.3 is 5.97 Å². The van der Waals surface area contributed by atoms with Crippen molar-refractivity contribution in [1.29, 1.82) is 0 Å². The van der Waals surface area contributed by atoms with E-state index in [1.165, 1.54) is 19.8 Å². The van der Waals surface area contributed by atoms with E-state index in [0.717, 1.165) is 36.6 Å². The Kier molecular flexibility index (Phi) is 7.34. The Balaban J connectivity index is 1.41. The van der Waals surface area contributed by atoms with Gasteiger partial charge in [-0.25, -0.2) is 0 Å². The van der Waals surface area contributed by atoms with Gasteiger partial charge < -0.3 is 24.7 Å². The molecule has 1 aliphatic heterocycles. The van der Waals surface area contributed by atoms with Crippen LogP contribution in [0.5, 0.6) is 11.5 Å². The number of phenolic OH excluding ortho intramolecular Hbond substituents is 1. The van der Waals surface area contributed by atoms with Crippen molar-refractivity contribution in [1.82, 2.24) is 9.80 Å². The number of phenols is 1. The first-order valence-corrected chi connectivity index (χ1v) is 13.7. The Morgan fingerprint density at radius 1 is 1.13 bits per heavy atom. The summed E-state index contributed by atoms with van der Waals surface area (Å²) < 4.78 is 5.41. The van der Waals surface area contributed by atoms with Gasteiger partial charge in [0, 0.05) is 44.6 Å². The van der Waals surface area contributed by atoms with E-state index in [9.17, 15) is 19.8 Å². The third-order valence-electron chi connectivity index (χ3n) is 8.75. The SMILES string of the molecule is CC(=O)Oc1cccc([C@@]23CCN(CC4CC4)C[C@@]2(O)CC[C@H](N(C)C(=O)C=Cc2cccc(O)c2)C3)c1. The molecule has 2 N–H and O–H groups in total. The molecule has 3 atom stereocenters. The van der Waals surface area contributed by atoms with E-state index in [0.29, 0.717) is 31.6 Å². The van der Waals surface area contributed by atoms with Crippen LogP contribution in [-0.4, -0.2) is 70.2 Å². The molecule has 2 saturated carbocycles. The number of aliphatic hydroxyl groups is 1. The van der Waals surface area contributed by atoms with Crippen LogP contribution in [0.3, 0.4) is 0 Å². The number of β-amino-alcohol motifs (C(OH)–C–C–N with tert-alkyl or cyclic N) is 1. The number of fused-ring (bicyclic) bond motifs is 1. The fourth-order valence-corrected chi connectivity index (χ4v) is 6.50. The third-order valence-corrected chi connectivity index (χ3v) is 8.75. The number of rotatable bonds is 7. The molecule has 2 aliphatic carbocycles. The van der Waals surface area contributed by atoms with Crippen molar-refractivity contribution in [3.8, 4) is 11.5 Å². The van der Waals surface area contributed by atoms with Crippen molar-refractivity contribution < 1.29 is 24.5 Å². The summed E-state index contributed by atoms with van der Waals surface area (Å²) in [5.74, 6) is 0.897. The van der Waals surface area contributed by atoms with E-state index >= 15 is 0 Å². The van der Waals surface area contributed by atoms with Gasteiger partial charge in [0.05, 0.1) is 5.60 Å². The molecule has 7 heteroatoms. The van der Waals surface area contributed by atoms with Crippen molar-refractivity contribution in [2.45, 2.75) is 62.5 Å². The van der Waals surface area contributed by atoms with Crippen LogP contribution >= 0.6 is 0 Å². The summed E-state index contributed by atoms with van der Waals surface area (Å²) in [5, 5.41) is 22.0. The van der Waals surface area contributed by atoms with E-state index in [1.807, 2.05) is 31.3 Å². The molecular formula is C31H38N2O5. The van der Waals surface area contributed by atoms with Gasteiger partial charge in [-0.2, -0.15) is 0 Å². The lowest BCUT2D eigenvalue weighted by atomic mass is 9.55. The van der Waals surface area contributed by atoms with E-state index in [2.05, 4.69) is 4.90 Å². The van der Waals surface area contributed by atoms with Gasteiger partial charge in [-0.15, -0.1) is 0 Å². The number of aromatic hydroxyl groups is 1. The molecule has 3 aliphatic rings. The minimum Gasteiger partial charge on any atom is -0.508 e. The summed E-state index contributed by atoms with van der Waals surface area (Å²) in [6, 6.07) is 14.3. The number of esters is 1. The van der Waals surface area contributed by atoms with E-state index in [1.54, 1.807) is 41.3 Å². The number of nitrogens with zero attached hydrogens (tertiary/aromatic N) is 2. The molecule has 1 saturated heterocycles. The van der Waals surface area contributed by atoms with Gasteiger partial charge in [0.15, 0.2) is 0 Å². The highest BCUT2D eigenvalue weighted by Crippen LogP contribution is 2.53. The minimum atomic E-state index is -0.938. The normalized spacial score (nSPS) is 27.6. The molecule has 0 spiro atoms. The third kappa shape index (κ3) is 5.49. The van der Waals surface area contributed by atoms with Gasteiger partial charge in [-0.05, 0) is 92.5 Å². The monoisotopic (exact) mass is 518 g/mol. The van der Waals surface area contributed by atoms with Crippen molar-refractivity contribution in [2.24, 2.45) is 5.92 Å². The lowest BCUT2D eigenvalue weighted by molar-refractivity contribution is -0.145. The first-order valence-electron chi connectivity index (χ1n) is 13.7. The summed E-state index contributed by atoms with van der Waals surface area (Å²) in [5.41, 5.74) is 0.222. The van der Waals surface area contributed by atoms with E-state index < -0.39 is 11.0 Å². The summed E-state index contributed by atoms with van der Waals surface area (Å²) >= 11 is 0. The van der Waals surface area contributed by atoms with Crippen LogP contribution in [0, 0.1) is 5.92 Å². The van der Waals surface area contributed by atoms with Crippen molar-refractivity contribution in [3.05, 3.63) is 65.7 Å². The minimum absolute atomic E-state index is 0.0519. The maximum Gasteiger partial charge on any atom is 0.308 e. The second-order valence-electron chi connectivity index (χ2n) is 11.4. The highest BCUT2D eigenvalue weighted by molar-refractivity contribution is 5.91.